The summed E-state index contributed by atoms with van der Waals surface area (Å²) in [6.45, 7) is 0. The molecule has 2 amide bonds. The van der Waals surface area contributed by atoms with E-state index in [0.29, 0.717) is 0 Å². The Hall–Kier alpha value is -0.770. The topological polar surface area (TPSA) is 55.6 Å². The van der Waals surface area contributed by atoms with E-state index in [4.69, 9.17) is 10.6 Å². The minimum Gasteiger partial charge on any atom is -0.350 e. The monoisotopic (exact) mass is 158 g/mol. The molecule has 0 saturated heterocycles. The zero-order valence-electron chi connectivity index (χ0n) is 6.75. The van der Waals surface area contributed by atoms with Crippen molar-refractivity contribution in [1.82, 2.24) is 5.06 Å². The minimum absolute atomic E-state index is 0.206. The second-order valence-corrected chi connectivity index (χ2v) is 2.78. The second-order valence-electron chi connectivity index (χ2n) is 2.78. The van der Waals surface area contributed by atoms with Crippen molar-refractivity contribution in [2.75, 3.05) is 7.11 Å². The molecule has 0 unspecified atom stereocenters. The summed E-state index contributed by atoms with van der Waals surface area (Å²) in [5, 5.41) is 1.27. The first-order valence-electron chi connectivity index (χ1n) is 3.88. The number of primary amides is 1. The number of carbonyl (C=O) groups is 1. The standard InChI is InChI=1S/C7H14N2O2/c1-11-9(7(8)10)6-4-2-3-5-6/h6H,2-5H2,1H3,(H2,8,10). The number of amides is 2. The Morgan fingerprint density at radius 3 is 2.45 bits per heavy atom. The molecule has 0 radical (unpaired) electrons. The van der Waals surface area contributed by atoms with E-state index in [2.05, 4.69) is 0 Å². The summed E-state index contributed by atoms with van der Waals surface area (Å²) in [6, 6.07) is -0.281. The van der Waals surface area contributed by atoms with Gasteiger partial charge in [-0.1, -0.05) is 12.8 Å². The molecule has 1 aliphatic rings. The van der Waals surface area contributed by atoms with E-state index in [9.17, 15) is 4.79 Å². The Balaban J connectivity index is 2.46. The van der Waals surface area contributed by atoms with Gasteiger partial charge in [-0.15, -0.1) is 0 Å². The largest absolute Gasteiger partial charge is 0.350 e. The molecule has 0 aliphatic heterocycles. The van der Waals surface area contributed by atoms with Crippen molar-refractivity contribution in [3.05, 3.63) is 0 Å². The number of nitrogens with zero attached hydrogens (tertiary/aromatic N) is 1. The van der Waals surface area contributed by atoms with Crippen molar-refractivity contribution in [3.63, 3.8) is 0 Å². The van der Waals surface area contributed by atoms with Crippen molar-refractivity contribution >= 4 is 6.03 Å². The third-order valence-corrected chi connectivity index (χ3v) is 2.07. The molecule has 1 rings (SSSR count). The molecule has 1 fully saturated rings. The van der Waals surface area contributed by atoms with E-state index in [0.717, 1.165) is 25.7 Å². The number of urea groups is 1. The van der Waals surface area contributed by atoms with Gasteiger partial charge >= 0.3 is 6.03 Å². The summed E-state index contributed by atoms with van der Waals surface area (Å²) in [7, 11) is 1.48. The summed E-state index contributed by atoms with van der Waals surface area (Å²) in [5.41, 5.74) is 5.09. The number of hydrogen-bond donors (Lipinski definition) is 1. The van der Waals surface area contributed by atoms with Crippen molar-refractivity contribution in [3.8, 4) is 0 Å². The van der Waals surface area contributed by atoms with Crippen LogP contribution in [0.4, 0.5) is 4.79 Å². The van der Waals surface area contributed by atoms with Gasteiger partial charge in [0.2, 0.25) is 0 Å². The Morgan fingerprint density at radius 1 is 1.55 bits per heavy atom. The Kier molecular flexibility index (Phi) is 2.70. The highest BCUT2D eigenvalue weighted by Gasteiger charge is 2.25. The molecule has 0 spiro atoms. The van der Waals surface area contributed by atoms with Crippen LogP contribution in [-0.4, -0.2) is 24.2 Å². The van der Waals surface area contributed by atoms with Gasteiger partial charge in [-0.3, -0.25) is 4.84 Å². The average Bonchev–Trinajstić information content (AvgIpc) is 2.40. The molecule has 0 aromatic carbocycles. The minimum atomic E-state index is -0.487. The molecule has 1 saturated carbocycles. The molecule has 1 aliphatic carbocycles. The number of rotatable bonds is 2. The first-order chi connectivity index (χ1) is 5.25. The zero-order valence-corrected chi connectivity index (χ0v) is 6.75. The first-order valence-corrected chi connectivity index (χ1v) is 3.88. The molecule has 4 nitrogen and oxygen atoms in total. The molecule has 64 valence electrons. The van der Waals surface area contributed by atoms with Crippen molar-refractivity contribution < 1.29 is 9.63 Å². The predicted octanol–water partition coefficient (Wildman–Crippen LogP) is 0.871. The van der Waals surface area contributed by atoms with E-state index < -0.39 is 6.03 Å². The summed E-state index contributed by atoms with van der Waals surface area (Å²) in [4.78, 5) is 15.6. The zero-order chi connectivity index (χ0) is 8.27. The number of hydrogen-bond acceptors (Lipinski definition) is 2. The van der Waals surface area contributed by atoms with Gasteiger partial charge in [0.15, 0.2) is 0 Å². The fraction of sp³-hybridized carbons (Fsp3) is 0.857. The lowest BCUT2D eigenvalue weighted by Gasteiger charge is -2.23. The van der Waals surface area contributed by atoms with Crippen LogP contribution in [-0.2, 0) is 4.84 Å². The van der Waals surface area contributed by atoms with Crippen LogP contribution in [0.15, 0.2) is 0 Å². The van der Waals surface area contributed by atoms with E-state index in [1.165, 1.54) is 12.2 Å². The van der Waals surface area contributed by atoms with Crippen LogP contribution in [0.5, 0.6) is 0 Å². The Labute approximate surface area is 66.3 Å². The maximum absolute atomic E-state index is 10.7. The highest BCUT2D eigenvalue weighted by Crippen LogP contribution is 2.22. The van der Waals surface area contributed by atoms with E-state index in [1.807, 2.05) is 0 Å². The molecule has 0 aromatic rings. The van der Waals surface area contributed by atoms with Gasteiger partial charge < -0.3 is 5.73 Å². The lowest BCUT2D eigenvalue weighted by molar-refractivity contribution is -0.112. The smallest absolute Gasteiger partial charge is 0.338 e. The van der Waals surface area contributed by atoms with E-state index in [1.54, 1.807) is 0 Å². The van der Waals surface area contributed by atoms with Gasteiger partial charge in [0.05, 0.1) is 13.2 Å². The fourth-order valence-electron chi connectivity index (χ4n) is 1.56. The molecular weight excluding hydrogens is 144 g/mol. The summed E-state index contributed by atoms with van der Waals surface area (Å²) in [5.74, 6) is 0. The molecule has 0 atom stereocenters. The third kappa shape index (κ3) is 1.83. The van der Waals surface area contributed by atoms with Crippen molar-refractivity contribution in [2.45, 2.75) is 31.7 Å². The van der Waals surface area contributed by atoms with Gasteiger partial charge in [0.25, 0.3) is 0 Å². The SMILES string of the molecule is CON(C(N)=O)C1CCCC1. The molecule has 0 bridgehead atoms. The van der Waals surface area contributed by atoms with Crippen LogP contribution >= 0.6 is 0 Å². The summed E-state index contributed by atoms with van der Waals surface area (Å²) >= 11 is 0. The lowest BCUT2D eigenvalue weighted by atomic mass is 10.2. The number of nitrogens with two attached hydrogens (primary N) is 1. The van der Waals surface area contributed by atoms with Crippen molar-refractivity contribution in [2.24, 2.45) is 5.73 Å². The summed E-state index contributed by atoms with van der Waals surface area (Å²) < 4.78 is 0. The molecule has 0 aromatic heterocycles. The van der Waals surface area contributed by atoms with Crippen LogP contribution in [0.1, 0.15) is 25.7 Å². The fourth-order valence-corrected chi connectivity index (χ4v) is 1.56. The Morgan fingerprint density at radius 2 is 2.09 bits per heavy atom. The van der Waals surface area contributed by atoms with Gasteiger partial charge in [-0.25, -0.2) is 9.86 Å². The maximum atomic E-state index is 10.7. The lowest BCUT2D eigenvalue weighted by Crippen LogP contribution is -2.41. The predicted molar refractivity (Wildman–Crippen MR) is 40.7 cm³/mol. The van der Waals surface area contributed by atoms with Gasteiger partial charge in [0.1, 0.15) is 0 Å². The first kappa shape index (κ1) is 8.33. The number of carbonyl (C=O) groups excluding carboxylic acids is 1. The van der Waals surface area contributed by atoms with Crippen LogP contribution in [0, 0.1) is 0 Å². The van der Waals surface area contributed by atoms with Gasteiger partial charge in [-0.05, 0) is 12.8 Å². The van der Waals surface area contributed by atoms with Crippen LogP contribution < -0.4 is 5.73 Å². The second kappa shape index (κ2) is 3.57. The van der Waals surface area contributed by atoms with Gasteiger partial charge in [-0.2, -0.15) is 0 Å². The highest BCUT2D eigenvalue weighted by molar-refractivity contribution is 5.71. The average molecular weight is 158 g/mol. The third-order valence-electron chi connectivity index (χ3n) is 2.07. The van der Waals surface area contributed by atoms with Gasteiger partial charge in [0, 0.05) is 0 Å². The summed E-state index contributed by atoms with van der Waals surface area (Å²) in [6.07, 6.45) is 4.35. The highest BCUT2D eigenvalue weighted by atomic mass is 16.7. The Bertz CT molecular complexity index is 143. The normalized spacial score (nSPS) is 18.6. The quantitative estimate of drug-likeness (QED) is 0.606. The van der Waals surface area contributed by atoms with Crippen molar-refractivity contribution in [1.29, 1.82) is 0 Å². The molecule has 11 heavy (non-hydrogen) atoms. The molecular formula is C7H14N2O2. The maximum Gasteiger partial charge on any atom is 0.338 e. The van der Waals surface area contributed by atoms with E-state index >= 15 is 0 Å². The number of hydroxylamine groups is 2. The molecule has 4 heteroatoms. The van der Waals surface area contributed by atoms with Crippen LogP contribution in [0.2, 0.25) is 0 Å². The molecule has 0 heterocycles. The van der Waals surface area contributed by atoms with E-state index in [-0.39, 0.29) is 6.04 Å². The van der Waals surface area contributed by atoms with Crippen LogP contribution in [0.25, 0.3) is 0 Å². The van der Waals surface area contributed by atoms with Crippen LogP contribution in [0.3, 0.4) is 0 Å². The molecule has 2 N–H and O–H groups in total.